The van der Waals surface area contributed by atoms with E-state index in [0.29, 0.717) is 23.9 Å². The smallest absolute Gasteiger partial charge is 0.216 e. The van der Waals surface area contributed by atoms with Gasteiger partial charge in [-0.25, -0.2) is 0 Å². The number of para-hydroxylation sites is 1. The van der Waals surface area contributed by atoms with Gasteiger partial charge in [0.2, 0.25) is 5.91 Å². The Balaban J connectivity index is 2.31. The van der Waals surface area contributed by atoms with Crippen LogP contribution < -0.4 is 10.1 Å². The number of benzene rings is 1. The maximum absolute atomic E-state index is 10.5. The van der Waals surface area contributed by atoms with Crippen LogP contribution in [0.4, 0.5) is 0 Å². The predicted molar refractivity (Wildman–Crippen MR) is 55.6 cm³/mol. The van der Waals surface area contributed by atoms with E-state index in [1.54, 1.807) is 12.1 Å². The number of rotatable bonds is 4. The molecule has 0 atom stereocenters. The van der Waals surface area contributed by atoms with E-state index in [4.69, 9.17) is 16.3 Å². The number of hydrogen-bond donors (Lipinski definition) is 1. The van der Waals surface area contributed by atoms with Crippen molar-refractivity contribution < 1.29 is 9.53 Å². The van der Waals surface area contributed by atoms with Gasteiger partial charge in [0.1, 0.15) is 12.4 Å². The lowest BCUT2D eigenvalue weighted by molar-refractivity contribution is -0.119. The Hall–Kier alpha value is -1.22. The minimum absolute atomic E-state index is 0.0623. The van der Waals surface area contributed by atoms with Crippen LogP contribution in [0.5, 0.6) is 5.75 Å². The van der Waals surface area contributed by atoms with Gasteiger partial charge in [0.25, 0.3) is 0 Å². The molecule has 1 amide bonds. The van der Waals surface area contributed by atoms with E-state index in [-0.39, 0.29) is 5.91 Å². The summed E-state index contributed by atoms with van der Waals surface area (Å²) in [4.78, 5) is 10.5. The van der Waals surface area contributed by atoms with E-state index < -0.39 is 0 Å². The molecule has 76 valence electrons. The Morgan fingerprint density at radius 1 is 1.50 bits per heavy atom. The Morgan fingerprint density at radius 2 is 2.21 bits per heavy atom. The molecule has 1 rings (SSSR count). The maximum Gasteiger partial charge on any atom is 0.216 e. The molecule has 0 aromatic heterocycles. The number of hydrogen-bond acceptors (Lipinski definition) is 2. The van der Waals surface area contributed by atoms with E-state index in [9.17, 15) is 4.79 Å². The fraction of sp³-hybridized carbons (Fsp3) is 0.300. The van der Waals surface area contributed by atoms with Gasteiger partial charge in [-0.05, 0) is 12.1 Å². The molecule has 0 saturated carbocycles. The highest BCUT2D eigenvalue weighted by atomic mass is 35.5. The second kappa shape index (κ2) is 5.50. The zero-order valence-corrected chi connectivity index (χ0v) is 8.67. The Bertz CT molecular complexity index is 315. The van der Waals surface area contributed by atoms with Gasteiger partial charge in [-0.3, -0.25) is 4.79 Å². The van der Waals surface area contributed by atoms with Gasteiger partial charge < -0.3 is 10.1 Å². The molecule has 0 fully saturated rings. The molecule has 4 heteroatoms. The van der Waals surface area contributed by atoms with Gasteiger partial charge in [-0.15, -0.1) is 0 Å². The van der Waals surface area contributed by atoms with Crippen LogP contribution >= 0.6 is 11.6 Å². The van der Waals surface area contributed by atoms with Crippen molar-refractivity contribution in [3.8, 4) is 5.75 Å². The van der Waals surface area contributed by atoms with Crippen LogP contribution in [-0.2, 0) is 4.79 Å². The van der Waals surface area contributed by atoms with Crippen molar-refractivity contribution in [2.75, 3.05) is 13.2 Å². The van der Waals surface area contributed by atoms with Crippen molar-refractivity contribution in [3.63, 3.8) is 0 Å². The Morgan fingerprint density at radius 3 is 2.86 bits per heavy atom. The van der Waals surface area contributed by atoms with Crippen LogP contribution in [0.2, 0.25) is 5.02 Å². The number of halogens is 1. The lowest BCUT2D eigenvalue weighted by Gasteiger charge is -2.07. The topological polar surface area (TPSA) is 38.3 Å². The number of carbonyl (C=O) groups is 1. The molecule has 0 aliphatic rings. The highest BCUT2D eigenvalue weighted by Gasteiger charge is 1.98. The van der Waals surface area contributed by atoms with Crippen molar-refractivity contribution in [1.29, 1.82) is 0 Å². The van der Waals surface area contributed by atoms with Gasteiger partial charge in [0.05, 0.1) is 11.6 Å². The average Bonchev–Trinajstić information content (AvgIpc) is 2.15. The molecule has 1 aromatic carbocycles. The first-order chi connectivity index (χ1) is 6.70. The van der Waals surface area contributed by atoms with Crippen molar-refractivity contribution in [2.24, 2.45) is 0 Å². The SMILES string of the molecule is CC(=O)NCCOc1ccccc1Cl. The standard InChI is InChI=1S/C10H12ClNO2/c1-8(13)12-6-7-14-10-5-3-2-4-9(10)11/h2-5H,6-7H2,1H3,(H,12,13). The maximum atomic E-state index is 10.5. The third kappa shape index (κ3) is 3.66. The summed E-state index contributed by atoms with van der Waals surface area (Å²) in [6.07, 6.45) is 0. The Labute approximate surface area is 88.0 Å². The molecular formula is C10H12ClNO2. The molecule has 0 radical (unpaired) electrons. The van der Waals surface area contributed by atoms with E-state index >= 15 is 0 Å². The van der Waals surface area contributed by atoms with Crippen LogP contribution in [0.3, 0.4) is 0 Å². The van der Waals surface area contributed by atoms with E-state index in [2.05, 4.69) is 5.32 Å². The monoisotopic (exact) mass is 213 g/mol. The largest absolute Gasteiger partial charge is 0.490 e. The molecule has 0 spiro atoms. The third-order valence-electron chi connectivity index (χ3n) is 1.57. The van der Waals surface area contributed by atoms with Crippen LogP contribution in [0, 0.1) is 0 Å². The van der Waals surface area contributed by atoms with Crippen LogP contribution in [0.25, 0.3) is 0 Å². The van der Waals surface area contributed by atoms with E-state index in [1.807, 2.05) is 12.1 Å². The number of carbonyl (C=O) groups excluding carboxylic acids is 1. The zero-order valence-electron chi connectivity index (χ0n) is 7.92. The van der Waals surface area contributed by atoms with Crippen molar-refractivity contribution in [2.45, 2.75) is 6.92 Å². The molecule has 0 saturated heterocycles. The fourth-order valence-electron chi connectivity index (χ4n) is 0.950. The lowest BCUT2D eigenvalue weighted by Crippen LogP contribution is -2.25. The van der Waals surface area contributed by atoms with Gasteiger partial charge in [-0.1, -0.05) is 23.7 Å². The van der Waals surface area contributed by atoms with Crippen LogP contribution in [-0.4, -0.2) is 19.1 Å². The highest BCUT2D eigenvalue weighted by Crippen LogP contribution is 2.22. The normalized spacial score (nSPS) is 9.57. The summed E-state index contributed by atoms with van der Waals surface area (Å²) in [5.41, 5.74) is 0. The zero-order chi connectivity index (χ0) is 10.4. The minimum Gasteiger partial charge on any atom is -0.490 e. The van der Waals surface area contributed by atoms with E-state index in [0.717, 1.165) is 0 Å². The van der Waals surface area contributed by atoms with Gasteiger partial charge >= 0.3 is 0 Å². The molecule has 0 bridgehead atoms. The first-order valence-electron chi connectivity index (χ1n) is 4.32. The summed E-state index contributed by atoms with van der Waals surface area (Å²) >= 11 is 5.85. The van der Waals surface area contributed by atoms with Gasteiger partial charge in [-0.2, -0.15) is 0 Å². The molecule has 3 nitrogen and oxygen atoms in total. The van der Waals surface area contributed by atoms with Crippen molar-refractivity contribution in [1.82, 2.24) is 5.32 Å². The predicted octanol–water partition coefficient (Wildman–Crippen LogP) is 1.85. The molecule has 0 aliphatic heterocycles. The third-order valence-corrected chi connectivity index (χ3v) is 1.88. The second-order valence-electron chi connectivity index (χ2n) is 2.76. The van der Waals surface area contributed by atoms with Crippen molar-refractivity contribution >= 4 is 17.5 Å². The first kappa shape index (κ1) is 10.9. The van der Waals surface area contributed by atoms with Crippen LogP contribution in [0.15, 0.2) is 24.3 Å². The molecule has 0 heterocycles. The fourth-order valence-corrected chi connectivity index (χ4v) is 1.14. The summed E-state index contributed by atoms with van der Waals surface area (Å²) in [6.45, 7) is 2.37. The first-order valence-corrected chi connectivity index (χ1v) is 4.69. The summed E-state index contributed by atoms with van der Waals surface area (Å²) in [6, 6.07) is 7.23. The highest BCUT2D eigenvalue weighted by molar-refractivity contribution is 6.32. The number of amides is 1. The summed E-state index contributed by atoms with van der Waals surface area (Å²) in [7, 11) is 0. The Kier molecular flexibility index (Phi) is 4.26. The molecule has 0 aliphatic carbocycles. The van der Waals surface area contributed by atoms with Gasteiger partial charge in [0.15, 0.2) is 0 Å². The number of ether oxygens (including phenoxy) is 1. The molecule has 14 heavy (non-hydrogen) atoms. The quantitative estimate of drug-likeness (QED) is 0.776. The molecule has 1 aromatic rings. The number of nitrogens with one attached hydrogen (secondary N) is 1. The van der Waals surface area contributed by atoms with E-state index in [1.165, 1.54) is 6.92 Å². The van der Waals surface area contributed by atoms with Gasteiger partial charge in [0, 0.05) is 6.92 Å². The molecule has 1 N–H and O–H groups in total. The summed E-state index contributed by atoms with van der Waals surface area (Å²) < 4.78 is 5.34. The summed E-state index contributed by atoms with van der Waals surface area (Å²) in [5, 5.41) is 3.21. The van der Waals surface area contributed by atoms with Crippen LogP contribution in [0.1, 0.15) is 6.92 Å². The minimum atomic E-state index is -0.0623. The summed E-state index contributed by atoms with van der Waals surface area (Å²) in [5.74, 6) is 0.576. The average molecular weight is 214 g/mol. The molecule has 0 unspecified atom stereocenters. The van der Waals surface area contributed by atoms with Crippen molar-refractivity contribution in [3.05, 3.63) is 29.3 Å². The lowest BCUT2D eigenvalue weighted by atomic mass is 10.3. The molecular weight excluding hydrogens is 202 g/mol. The second-order valence-corrected chi connectivity index (χ2v) is 3.17.